The lowest BCUT2D eigenvalue weighted by molar-refractivity contribution is 0.464. The molecule has 1 aromatic carbocycles. The lowest BCUT2D eigenvalue weighted by Crippen LogP contribution is -1.98. The molecule has 4 nitrogen and oxygen atoms in total. The number of ether oxygens (including phenoxy) is 1. The Balaban J connectivity index is 2.10. The van der Waals surface area contributed by atoms with Gasteiger partial charge in [-0.3, -0.25) is 0 Å². The van der Waals surface area contributed by atoms with E-state index >= 15 is 0 Å². The summed E-state index contributed by atoms with van der Waals surface area (Å²) in [6.45, 7) is 6.67. The normalized spacial score (nSPS) is 11.0. The highest BCUT2D eigenvalue weighted by Gasteiger charge is 2.14. The Kier molecular flexibility index (Phi) is 3.61. The van der Waals surface area contributed by atoms with Gasteiger partial charge in [0.15, 0.2) is 0 Å². The molecule has 0 amide bonds. The fourth-order valence-electron chi connectivity index (χ4n) is 2.21. The third kappa shape index (κ3) is 2.50. The maximum absolute atomic E-state index is 6.06. The topological polar surface area (TPSA) is 61.0 Å². The van der Waals surface area contributed by atoms with Crippen LogP contribution in [0, 0.1) is 20.8 Å². The predicted octanol–water partition coefficient (Wildman–Crippen LogP) is 3.87. The van der Waals surface area contributed by atoms with Crippen LogP contribution < -0.4 is 10.5 Å². The van der Waals surface area contributed by atoms with Crippen LogP contribution in [0.3, 0.4) is 0 Å². The number of aromatic nitrogens is 2. The van der Waals surface area contributed by atoms with Crippen molar-refractivity contribution in [2.24, 2.45) is 5.73 Å². The second kappa shape index (κ2) is 5.42. The van der Waals surface area contributed by atoms with Crippen LogP contribution in [0.4, 0.5) is 0 Å². The van der Waals surface area contributed by atoms with Crippen molar-refractivity contribution in [3.63, 3.8) is 0 Å². The quantitative estimate of drug-likeness (QED) is 0.797. The van der Waals surface area contributed by atoms with E-state index in [2.05, 4.69) is 23.8 Å². The van der Waals surface area contributed by atoms with Gasteiger partial charge in [0.1, 0.15) is 16.9 Å². The molecular formula is C16H17N3OS. The van der Waals surface area contributed by atoms with E-state index in [1.807, 2.05) is 25.1 Å². The van der Waals surface area contributed by atoms with Crippen molar-refractivity contribution in [1.29, 1.82) is 0 Å². The Bertz CT molecular complexity index is 811. The molecule has 108 valence electrons. The van der Waals surface area contributed by atoms with Crippen molar-refractivity contribution in [3.05, 3.63) is 46.1 Å². The number of benzene rings is 1. The SMILES string of the molecule is Cc1ccc(CN)cc1Oc1ncnc2sc(C)c(C)c12. The standard InChI is InChI=1S/C16H17N3OS/c1-9-4-5-12(7-17)6-13(9)20-15-14-10(2)11(3)21-16(14)19-8-18-15/h4-6,8H,7,17H2,1-3H3. The van der Waals surface area contributed by atoms with E-state index < -0.39 is 0 Å². The maximum Gasteiger partial charge on any atom is 0.231 e. The van der Waals surface area contributed by atoms with Crippen molar-refractivity contribution in [2.75, 3.05) is 0 Å². The summed E-state index contributed by atoms with van der Waals surface area (Å²) < 4.78 is 6.06. The molecule has 0 saturated carbocycles. The molecular weight excluding hydrogens is 282 g/mol. The van der Waals surface area contributed by atoms with E-state index in [0.717, 1.165) is 27.1 Å². The van der Waals surface area contributed by atoms with E-state index in [1.54, 1.807) is 17.7 Å². The van der Waals surface area contributed by atoms with E-state index in [-0.39, 0.29) is 0 Å². The smallest absolute Gasteiger partial charge is 0.231 e. The fourth-order valence-corrected chi connectivity index (χ4v) is 3.20. The third-order valence-corrected chi connectivity index (χ3v) is 4.74. The first kappa shape index (κ1) is 14.0. The van der Waals surface area contributed by atoms with Crippen LogP contribution >= 0.6 is 11.3 Å². The van der Waals surface area contributed by atoms with E-state index in [1.165, 1.54) is 10.4 Å². The average molecular weight is 299 g/mol. The molecule has 0 radical (unpaired) electrons. The summed E-state index contributed by atoms with van der Waals surface area (Å²) in [5.74, 6) is 1.40. The second-order valence-electron chi connectivity index (χ2n) is 5.05. The molecule has 5 heteroatoms. The van der Waals surface area contributed by atoms with Crippen LogP contribution in [0.15, 0.2) is 24.5 Å². The van der Waals surface area contributed by atoms with Crippen molar-refractivity contribution in [1.82, 2.24) is 9.97 Å². The third-order valence-electron chi connectivity index (χ3n) is 3.63. The van der Waals surface area contributed by atoms with Crippen LogP contribution in [0.25, 0.3) is 10.2 Å². The van der Waals surface area contributed by atoms with Crippen LogP contribution in [0.1, 0.15) is 21.6 Å². The first-order valence-electron chi connectivity index (χ1n) is 6.78. The zero-order chi connectivity index (χ0) is 15.0. The summed E-state index contributed by atoms with van der Waals surface area (Å²) in [5, 5.41) is 0.998. The van der Waals surface area contributed by atoms with Crippen LogP contribution in [0.2, 0.25) is 0 Å². The van der Waals surface area contributed by atoms with Gasteiger partial charge in [0.2, 0.25) is 5.88 Å². The Hall–Kier alpha value is -1.98. The Labute approximate surface area is 127 Å². The van der Waals surface area contributed by atoms with Gasteiger partial charge in [-0.1, -0.05) is 12.1 Å². The highest BCUT2D eigenvalue weighted by Crippen LogP contribution is 2.36. The summed E-state index contributed by atoms with van der Waals surface area (Å²) in [6, 6.07) is 6.00. The molecule has 0 aliphatic carbocycles. The summed E-state index contributed by atoms with van der Waals surface area (Å²) in [4.78, 5) is 10.8. The molecule has 21 heavy (non-hydrogen) atoms. The molecule has 0 aliphatic rings. The second-order valence-corrected chi connectivity index (χ2v) is 6.25. The van der Waals surface area contributed by atoms with Gasteiger partial charge in [-0.15, -0.1) is 11.3 Å². The monoisotopic (exact) mass is 299 g/mol. The van der Waals surface area contributed by atoms with Gasteiger partial charge in [0.25, 0.3) is 0 Å². The van der Waals surface area contributed by atoms with Gasteiger partial charge in [-0.2, -0.15) is 0 Å². The number of nitrogens with zero attached hydrogens (tertiary/aromatic N) is 2. The summed E-state index contributed by atoms with van der Waals surface area (Å²) >= 11 is 1.66. The highest BCUT2D eigenvalue weighted by atomic mass is 32.1. The maximum atomic E-state index is 6.06. The number of thiophene rings is 1. The lowest BCUT2D eigenvalue weighted by atomic mass is 10.1. The van der Waals surface area contributed by atoms with Crippen molar-refractivity contribution in [2.45, 2.75) is 27.3 Å². The van der Waals surface area contributed by atoms with Gasteiger partial charge in [0.05, 0.1) is 5.39 Å². The minimum Gasteiger partial charge on any atom is -0.438 e. The van der Waals surface area contributed by atoms with Gasteiger partial charge in [0, 0.05) is 11.4 Å². The molecule has 0 atom stereocenters. The molecule has 2 N–H and O–H groups in total. The lowest BCUT2D eigenvalue weighted by Gasteiger charge is -2.10. The van der Waals surface area contributed by atoms with Crippen LogP contribution in [-0.4, -0.2) is 9.97 Å². The molecule has 3 aromatic rings. The summed E-state index contributed by atoms with van der Waals surface area (Å²) in [5.41, 5.74) is 8.98. The average Bonchev–Trinajstić information content (AvgIpc) is 2.77. The van der Waals surface area contributed by atoms with Crippen molar-refractivity contribution < 1.29 is 4.74 Å². The van der Waals surface area contributed by atoms with Gasteiger partial charge >= 0.3 is 0 Å². The first-order valence-corrected chi connectivity index (χ1v) is 7.60. The number of hydrogen-bond donors (Lipinski definition) is 1. The van der Waals surface area contributed by atoms with E-state index in [9.17, 15) is 0 Å². The Morgan fingerprint density at radius 2 is 2.00 bits per heavy atom. The molecule has 0 aliphatic heterocycles. The molecule has 2 heterocycles. The first-order chi connectivity index (χ1) is 10.1. The number of hydrogen-bond acceptors (Lipinski definition) is 5. The predicted molar refractivity (Wildman–Crippen MR) is 86.0 cm³/mol. The molecule has 0 spiro atoms. The number of nitrogens with two attached hydrogens (primary N) is 1. The van der Waals surface area contributed by atoms with Crippen LogP contribution in [-0.2, 0) is 6.54 Å². The van der Waals surface area contributed by atoms with Gasteiger partial charge in [-0.25, -0.2) is 9.97 Å². The zero-order valence-corrected chi connectivity index (χ0v) is 13.1. The van der Waals surface area contributed by atoms with Crippen LogP contribution in [0.5, 0.6) is 11.6 Å². The van der Waals surface area contributed by atoms with Crippen molar-refractivity contribution >= 4 is 21.6 Å². The fraction of sp³-hybridized carbons (Fsp3) is 0.250. The highest BCUT2D eigenvalue weighted by molar-refractivity contribution is 7.18. The summed E-state index contributed by atoms with van der Waals surface area (Å²) in [7, 11) is 0. The summed E-state index contributed by atoms with van der Waals surface area (Å²) in [6.07, 6.45) is 1.55. The van der Waals surface area contributed by atoms with Gasteiger partial charge < -0.3 is 10.5 Å². The Morgan fingerprint density at radius 1 is 1.19 bits per heavy atom. The van der Waals surface area contributed by atoms with E-state index in [0.29, 0.717) is 12.4 Å². The largest absolute Gasteiger partial charge is 0.438 e. The molecule has 0 saturated heterocycles. The molecule has 3 rings (SSSR count). The molecule has 0 unspecified atom stereocenters. The van der Waals surface area contributed by atoms with Crippen molar-refractivity contribution in [3.8, 4) is 11.6 Å². The number of rotatable bonds is 3. The number of aryl methyl sites for hydroxylation is 3. The van der Waals surface area contributed by atoms with E-state index in [4.69, 9.17) is 10.5 Å². The Morgan fingerprint density at radius 3 is 2.76 bits per heavy atom. The van der Waals surface area contributed by atoms with Gasteiger partial charge in [-0.05, 0) is 43.5 Å². The minimum absolute atomic E-state index is 0.492. The zero-order valence-electron chi connectivity index (χ0n) is 12.3. The molecule has 2 aromatic heterocycles. The molecule has 0 fully saturated rings. The minimum atomic E-state index is 0.492. The molecule has 0 bridgehead atoms. The number of fused-ring (bicyclic) bond motifs is 1.